The first-order chi connectivity index (χ1) is 6.40. The highest BCUT2D eigenvalue weighted by Crippen LogP contribution is 2.42. The lowest BCUT2D eigenvalue weighted by Gasteiger charge is -2.36. The molecule has 1 heteroatoms. The average molecular weight is 178 g/mol. The van der Waals surface area contributed by atoms with E-state index in [1.807, 2.05) is 0 Å². The summed E-state index contributed by atoms with van der Waals surface area (Å²) in [6.07, 6.45) is 12.2. The van der Waals surface area contributed by atoms with Crippen LogP contribution in [0.3, 0.4) is 0 Å². The zero-order valence-corrected chi connectivity index (χ0v) is 8.17. The van der Waals surface area contributed by atoms with E-state index in [2.05, 4.69) is 0 Å². The van der Waals surface area contributed by atoms with E-state index in [1.165, 1.54) is 50.5 Å². The molecule has 1 nitrogen and oxygen atoms in total. The third kappa shape index (κ3) is 2.01. The normalized spacial score (nSPS) is 37.1. The highest BCUT2D eigenvalue weighted by molar-refractivity contribution is 5.66. The van der Waals surface area contributed by atoms with Crippen molar-refractivity contribution in [3.63, 3.8) is 0 Å². The SMILES string of the molecule is O=C/C=C1/CCC2CCCCC2C1. The lowest BCUT2D eigenvalue weighted by molar-refractivity contribution is -0.104. The minimum absolute atomic E-state index is 0.911. The molecule has 2 saturated carbocycles. The summed E-state index contributed by atoms with van der Waals surface area (Å²) in [5.41, 5.74) is 1.40. The molecule has 72 valence electrons. The molecule has 2 aliphatic carbocycles. The number of carbonyl (C=O) groups excluding carboxylic acids is 1. The fraction of sp³-hybridized carbons (Fsp3) is 0.750. The van der Waals surface area contributed by atoms with Gasteiger partial charge in [0.2, 0.25) is 0 Å². The maximum absolute atomic E-state index is 10.4. The molecule has 0 heterocycles. The molecule has 2 aliphatic rings. The molecule has 2 fully saturated rings. The molecule has 2 atom stereocenters. The van der Waals surface area contributed by atoms with Crippen molar-refractivity contribution in [2.45, 2.75) is 44.9 Å². The zero-order valence-electron chi connectivity index (χ0n) is 8.17. The Morgan fingerprint density at radius 2 is 1.85 bits per heavy atom. The molecule has 0 radical (unpaired) electrons. The van der Waals surface area contributed by atoms with E-state index in [9.17, 15) is 4.79 Å². The molecule has 0 aromatic rings. The van der Waals surface area contributed by atoms with Gasteiger partial charge in [0.05, 0.1) is 0 Å². The number of hydrogen-bond acceptors (Lipinski definition) is 1. The number of rotatable bonds is 1. The smallest absolute Gasteiger partial charge is 0.142 e. The van der Waals surface area contributed by atoms with Crippen LogP contribution in [0.15, 0.2) is 11.6 Å². The first-order valence-electron chi connectivity index (χ1n) is 5.53. The fourth-order valence-corrected chi connectivity index (χ4v) is 2.99. The third-order valence-electron chi connectivity index (χ3n) is 3.73. The van der Waals surface area contributed by atoms with Crippen molar-refractivity contribution < 1.29 is 4.79 Å². The van der Waals surface area contributed by atoms with E-state index in [4.69, 9.17) is 0 Å². The Bertz CT molecular complexity index is 217. The summed E-state index contributed by atoms with van der Waals surface area (Å²) in [7, 11) is 0. The van der Waals surface area contributed by atoms with Gasteiger partial charge in [0.25, 0.3) is 0 Å². The third-order valence-corrected chi connectivity index (χ3v) is 3.73. The van der Waals surface area contributed by atoms with Gasteiger partial charge in [0.15, 0.2) is 0 Å². The van der Waals surface area contributed by atoms with Gasteiger partial charge in [-0.2, -0.15) is 0 Å². The quantitative estimate of drug-likeness (QED) is 0.445. The molecule has 0 spiro atoms. The molecule has 2 rings (SSSR count). The molecular weight excluding hydrogens is 160 g/mol. The molecule has 0 N–H and O–H groups in total. The topological polar surface area (TPSA) is 17.1 Å². The van der Waals surface area contributed by atoms with Crippen LogP contribution in [0.1, 0.15) is 44.9 Å². The van der Waals surface area contributed by atoms with Crippen LogP contribution in [-0.4, -0.2) is 6.29 Å². The van der Waals surface area contributed by atoms with Crippen LogP contribution in [0.2, 0.25) is 0 Å². The van der Waals surface area contributed by atoms with Gasteiger partial charge in [-0.3, -0.25) is 4.79 Å². The summed E-state index contributed by atoms with van der Waals surface area (Å²) >= 11 is 0. The molecule has 2 unspecified atom stereocenters. The summed E-state index contributed by atoms with van der Waals surface area (Å²) in [4.78, 5) is 10.4. The van der Waals surface area contributed by atoms with Gasteiger partial charge in [0.1, 0.15) is 6.29 Å². The minimum Gasteiger partial charge on any atom is -0.299 e. The lowest BCUT2D eigenvalue weighted by Crippen LogP contribution is -2.24. The number of carbonyl (C=O) groups is 1. The molecular formula is C12H18O. The second-order valence-corrected chi connectivity index (χ2v) is 4.51. The van der Waals surface area contributed by atoms with Crippen molar-refractivity contribution in [1.82, 2.24) is 0 Å². The number of aldehydes is 1. The Labute approximate surface area is 80.2 Å². The van der Waals surface area contributed by atoms with Gasteiger partial charge in [0, 0.05) is 0 Å². The summed E-state index contributed by atoms with van der Waals surface area (Å²) in [5, 5.41) is 0. The molecule has 13 heavy (non-hydrogen) atoms. The monoisotopic (exact) mass is 178 g/mol. The molecule has 0 aromatic heterocycles. The van der Waals surface area contributed by atoms with E-state index in [0.717, 1.165) is 18.1 Å². The maximum Gasteiger partial charge on any atom is 0.142 e. The summed E-state index contributed by atoms with van der Waals surface area (Å²) in [5.74, 6) is 1.89. The predicted octanol–water partition coefficient (Wildman–Crippen LogP) is 3.10. The van der Waals surface area contributed by atoms with Crippen molar-refractivity contribution >= 4 is 6.29 Å². The lowest BCUT2D eigenvalue weighted by atomic mass is 9.69. The fourth-order valence-electron chi connectivity index (χ4n) is 2.99. The number of hydrogen-bond donors (Lipinski definition) is 0. The number of allylic oxidation sites excluding steroid dienone is 2. The van der Waals surface area contributed by atoms with E-state index in [0.29, 0.717) is 0 Å². The molecule has 0 aromatic carbocycles. The molecule has 0 aliphatic heterocycles. The standard InChI is InChI=1S/C12H18O/c13-8-7-10-5-6-11-3-1-2-4-12(11)9-10/h7-8,11-12H,1-6,9H2/b10-7-. The van der Waals surface area contributed by atoms with E-state index in [-0.39, 0.29) is 0 Å². The van der Waals surface area contributed by atoms with Crippen molar-refractivity contribution in [3.05, 3.63) is 11.6 Å². The van der Waals surface area contributed by atoms with Crippen molar-refractivity contribution in [2.24, 2.45) is 11.8 Å². The van der Waals surface area contributed by atoms with Gasteiger partial charge < -0.3 is 0 Å². The Morgan fingerprint density at radius 3 is 2.62 bits per heavy atom. The first-order valence-corrected chi connectivity index (χ1v) is 5.53. The largest absolute Gasteiger partial charge is 0.299 e. The van der Waals surface area contributed by atoms with Crippen LogP contribution in [0, 0.1) is 11.8 Å². The van der Waals surface area contributed by atoms with E-state index < -0.39 is 0 Å². The van der Waals surface area contributed by atoms with Crippen LogP contribution in [0.5, 0.6) is 0 Å². The predicted molar refractivity (Wildman–Crippen MR) is 53.4 cm³/mol. The summed E-state index contributed by atoms with van der Waals surface area (Å²) < 4.78 is 0. The highest BCUT2D eigenvalue weighted by Gasteiger charge is 2.29. The van der Waals surface area contributed by atoms with Gasteiger partial charge >= 0.3 is 0 Å². The minimum atomic E-state index is 0.911. The van der Waals surface area contributed by atoms with Crippen LogP contribution in [-0.2, 0) is 4.79 Å². The zero-order chi connectivity index (χ0) is 9.10. The number of fused-ring (bicyclic) bond motifs is 1. The van der Waals surface area contributed by atoms with E-state index in [1.54, 1.807) is 6.08 Å². The van der Waals surface area contributed by atoms with Gasteiger partial charge in [-0.25, -0.2) is 0 Å². The van der Waals surface area contributed by atoms with Gasteiger partial charge in [-0.15, -0.1) is 0 Å². The molecule has 0 bridgehead atoms. The maximum atomic E-state index is 10.4. The molecule has 0 saturated heterocycles. The Balaban J connectivity index is 1.98. The van der Waals surface area contributed by atoms with Crippen LogP contribution in [0.25, 0.3) is 0 Å². The second-order valence-electron chi connectivity index (χ2n) is 4.51. The van der Waals surface area contributed by atoms with Crippen molar-refractivity contribution in [3.8, 4) is 0 Å². The van der Waals surface area contributed by atoms with Crippen LogP contribution in [0.4, 0.5) is 0 Å². The van der Waals surface area contributed by atoms with Crippen molar-refractivity contribution in [1.29, 1.82) is 0 Å². The molecule has 0 amide bonds. The Hall–Kier alpha value is -0.590. The summed E-state index contributed by atoms with van der Waals surface area (Å²) in [6.45, 7) is 0. The van der Waals surface area contributed by atoms with Gasteiger partial charge in [-0.05, 0) is 43.6 Å². The van der Waals surface area contributed by atoms with Crippen molar-refractivity contribution in [2.75, 3.05) is 0 Å². The van der Waals surface area contributed by atoms with Crippen LogP contribution < -0.4 is 0 Å². The Morgan fingerprint density at radius 1 is 1.08 bits per heavy atom. The van der Waals surface area contributed by atoms with Gasteiger partial charge in [-0.1, -0.05) is 24.8 Å². The Kier molecular flexibility index (Phi) is 2.82. The van der Waals surface area contributed by atoms with Crippen LogP contribution >= 0.6 is 0 Å². The second kappa shape index (κ2) is 4.08. The first kappa shape index (κ1) is 8.98. The highest BCUT2D eigenvalue weighted by atomic mass is 16.1. The van der Waals surface area contributed by atoms with E-state index >= 15 is 0 Å². The summed E-state index contributed by atoms with van der Waals surface area (Å²) in [6, 6.07) is 0. The average Bonchev–Trinajstić information content (AvgIpc) is 2.18.